The molecule has 0 saturated carbocycles. The van der Waals surface area contributed by atoms with Crippen LogP contribution in [0.3, 0.4) is 0 Å². The van der Waals surface area contributed by atoms with Gasteiger partial charge in [0.05, 0.1) is 6.61 Å². The first-order valence-electron chi connectivity index (χ1n) is 4.37. The highest BCUT2D eigenvalue weighted by molar-refractivity contribution is 5.67. The van der Waals surface area contributed by atoms with Crippen molar-refractivity contribution in [3.8, 4) is 0 Å². The molecule has 0 spiro atoms. The predicted octanol–water partition coefficient (Wildman–Crippen LogP) is 2.25. The minimum Gasteiger partial charge on any atom is -0.449 e. The van der Waals surface area contributed by atoms with E-state index in [1.165, 1.54) is 0 Å². The van der Waals surface area contributed by atoms with Crippen LogP contribution in [0, 0.1) is 0 Å². The molecule has 0 fully saturated rings. The molecule has 0 aliphatic heterocycles. The number of carbonyl (C=O) groups is 1. The minimum absolute atomic E-state index is 0.121. The lowest BCUT2D eigenvalue weighted by molar-refractivity contribution is 0.145. The number of ether oxygens (including phenoxy) is 1. The summed E-state index contributed by atoms with van der Waals surface area (Å²) in [4.78, 5) is 10.9. The van der Waals surface area contributed by atoms with Crippen LogP contribution in [-0.4, -0.2) is 18.7 Å². The Balaban J connectivity index is 3.37. The quantitative estimate of drug-likeness (QED) is 0.524. The molecule has 1 N–H and O–H groups in total. The number of rotatable bonds is 5. The van der Waals surface area contributed by atoms with E-state index in [4.69, 9.17) is 4.74 Å². The summed E-state index contributed by atoms with van der Waals surface area (Å²) < 4.78 is 4.86. The van der Waals surface area contributed by atoms with Crippen LogP contribution in [0.1, 0.15) is 20.3 Å². The summed E-state index contributed by atoms with van der Waals surface area (Å²) in [5.74, 6) is 0. The van der Waals surface area contributed by atoms with Gasteiger partial charge < -0.3 is 10.1 Å². The van der Waals surface area contributed by atoms with Crippen LogP contribution < -0.4 is 5.32 Å². The van der Waals surface area contributed by atoms with Crippen LogP contribution in [0.5, 0.6) is 0 Å². The number of allylic oxidation sites excluding steroid dienone is 2. The van der Waals surface area contributed by atoms with Crippen LogP contribution in [-0.2, 0) is 4.74 Å². The molecule has 0 aromatic rings. The second-order valence-electron chi connectivity index (χ2n) is 2.89. The maximum absolute atomic E-state index is 10.9. The molecular weight excluding hydrogens is 166 g/mol. The Kier molecular flexibility index (Phi) is 6.69. The molecule has 0 atom stereocenters. The Morgan fingerprint density at radius 1 is 1.62 bits per heavy atom. The smallest absolute Gasteiger partial charge is 0.407 e. The van der Waals surface area contributed by atoms with Gasteiger partial charge in [-0.15, -0.1) is 0 Å². The van der Waals surface area contributed by atoms with Crippen molar-refractivity contribution in [2.24, 2.45) is 0 Å². The van der Waals surface area contributed by atoms with Gasteiger partial charge in [-0.3, -0.25) is 0 Å². The van der Waals surface area contributed by atoms with Gasteiger partial charge >= 0.3 is 6.09 Å². The third-order valence-electron chi connectivity index (χ3n) is 1.20. The van der Waals surface area contributed by atoms with E-state index in [2.05, 4.69) is 11.9 Å². The van der Waals surface area contributed by atoms with Gasteiger partial charge in [-0.1, -0.05) is 24.8 Å². The van der Waals surface area contributed by atoms with Crippen molar-refractivity contribution in [1.29, 1.82) is 0 Å². The normalized spacial score (nSPS) is 10.4. The van der Waals surface area contributed by atoms with Gasteiger partial charge in [0.2, 0.25) is 0 Å². The minimum atomic E-state index is -0.359. The number of carbonyl (C=O) groups excluding carboxylic acids is 1. The van der Waals surface area contributed by atoms with Crippen LogP contribution >= 0.6 is 0 Å². The first-order chi connectivity index (χ1) is 6.16. The Labute approximate surface area is 79.5 Å². The number of nitrogens with one attached hydrogen (secondary N) is 1. The lowest BCUT2D eigenvalue weighted by Gasteiger charge is -2.07. The lowest BCUT2D eigenvalue weighted by atomic mass is 10.4. The van der Waals surface area contributed by atoms with Crippen molar-refractivity contribution in [3.05, 3.63) is 24.8 Å². The standard InChI is InChI=1S/C10H17NO2/c1-4-5-6-7-8-13-10(12)11-9(2)3/h4-6,9H,1,7-8H2,2-3H3,(H,11,12)/b6-5+. The van der Waals surface area contributed by atoms with Crippen molar-refractivity contribution in [1.82, 2.24) is 5.32 Å². The molecule has 0 bridgehead atoms. The molecule has 0 aromatic heterocycles. The molecule has 0 aliphatic rings. The molecule has 0 aromatic carbocycles. The van der Waals surface area contributed by atoms with Gasteiger partial charge in [0, 0.05) is 6.04 Å². The highest BCUT2D eigenvalue weighted by Crippen LogP contribution is 1.88. The van der Waals surface area contributed by atoms with Gasteiger partial charge in [-0.05, 0) is 20.3 Å². The maximum atomic E-state index is 10.9. The summed E-state index contributed by atoms with van der Waals surface area (Å²) in [6.45, 7) is 7.71. The van der Waals surface area contributed by atoms with Crippen molar-refractivity contribution in [3.63, 3.8) is 0 Å². The van der Waals surface area contributed by atoms with Gasteiger partial charge in [0.1, 0.15) is 0 Å². The highest BCUT2D eigenvalue weighted by Gasteiger charge is 2.01. The molecule has 0 radical (unpaired) electrons. The van der Waals surface area contributed by atoms with E-state index in [1.54, 1.807) is 6.08 Å². The second kappa shape index (κ2) is 7.40. The Hall–Kier alpha value is -1.25. The highest BCUT2D eigenvalue weighted by atomic mass is 16.5. The van der Waals surface area contributed by atoms with Crippen molar-refractivity contribution >= 4 is 6.09 Å². The van der Waals surface area contributed by atoms with Gasteiger partial charge in [-0.25, -0.2) is 4.79 Å². The average molecular weight is 183 g/mol. The predicted molar refractivity (Wildman–Crippen MR) is 53.6 cm³/mol. The average Bonchev–Trinajstić information content (AvgIpc) is 2.02. The van der Waals surface area contributed by atoms with Crippen LogP contribution in [0.25, 0.3) is 0 Å². The summed E-state index contributed by atoms with van der Waals surface area (Å²) >= 11 is 0. The summed E-state index contributed by atoms with van der Waals surface area (Å²) in [6.07, 6.45) is 5.77. The van der Waals surface area contributed by atoms with E-state index in [1.807, 2.05) is 26.0 Å². The van der Waals surface area contributed by atoms with Gasteiger partial charge in [-0.2, -0.15) is 0 Å². The zero-order valence-electron chi connectivity index (χ0n) is 8.25. The van der Waals surface area contributed by atoms with Crippen molar-refractivity contribution in [2.75, 3.05) is 6.61 Å². The monoisotopic (exact) mass is 183 g/mol. The molecule has 1 amide bonds. The SMILES string of the molecule is C=C/C=C/CCOC(=O)NC(C)C. The van der Waals surface area contributed by atoms with Crippen LogP contribution in [0.2, 0.25) is 0 Å². The first kappa shape index (κ1) is 11.8. The summed E-state index contributed by atoms with van der Waals surface area (Å²) in [6, 6.07) is 0.121. The lowest BCUT2D eigenvalue weighted by Crippen LogP contribution is -2.30. The largest absolute Gasteiger partial charge is 0.449 e. The van der Waals surface area contributed by atoms with Crippen molar-refractivity contribution in [2.45, 2.75) is 26.3 Å². The van der Waals surface area contributed by atoms with Crippen molar-refractivity contribution < 1.29 is 9.53 Å². The zero-order valence-corrected chi connectivity index (χ0v) is 8.25. The van der Waals surface area contributed by atoms with Crippen LogP contribution in [0.4, 0.5) is 4.79 Å². The molecule has 0 heterocycles. The van der Waals surface area contributed by atoms with E-state index in [9.17, 15) is 4.79 Å². The first-order valence-corrected chi connectivity index (χ1v) is 4.37. The number of hydrogen-bond donors (Lipinski definition) is 1. The second-order valence-corrected chi connectivity index (χ2v) is 2.89. The van der Waals surface area contributed by atoms with E-state index in [0.29, 0.717) is 6.61 Å². The number of amides is 1. The van der Waals surface area contributed by atoms with Crippen LogP contribution in [0.15, 0.2) is 24.8 Å². The summed E-state index contributed by atoms with van der Waals surface area (Å²) in [5, 5.41) is 2.63. The zero-order chi connectivity index (χ0) is 10.1. The summed E-state index contributed by atoms with van der Waals surface area (Å²) in [7, 11) is 0. The third kappa shape index (κ3) is 8.66. The van der Waals surface area contributed by atoms with E-state index in [0.717, 1.165) is 6.42 Å². The fourth-order valence-corrected chi connectivity index (χ4v) is 0.689. The molecule has 0 rings (SSSR count). The molecule has 3 heteroatoms. The molecular formula is C10H17NO2. The molecule has 3 nitrogen and oxygen atoms in total. The third-order valence-corrected chi connectivity index (χ3v) is 1.20. The molecule has 0 saturated heterocycles. The fraction of sp³-hybridized carbons (Fsp3) is 0.500. The van der Waals surface area contributed by atoms with Gasteiger partial charge in [0.15, 0.2) is 0 Å². The van der Waals surface area contributed by atoms with E-state index < -0.39 is 0 Å². The number of hydrogen-bond acceptors (Lipinski definition) is 2. The van der Waals surface area contributed by atoms with Gasteiger partial charge in [0.25, 0.3) is 0 Å². The Morgan fingerprint density at radius 2 is 2.31 bits per heavy atom. The van der Waals surface area contributed by atoms with E-state index >= 15 is 0 Å². The fourth-order valence-electron chi connectivity index (χ4n) is 0.689. The van der Waals surface area contributed by atoms with E-state index in [-0.39, 0.29) is 12.1 Å². The molecule has 0 aliphatic carbocycles. The number of alkyl carbamates (subject to hydrolysis) is 1. The maximum Gasteiger partial charge on any atom is 0.407 e. The Morgan fingerprint density at radius 3 is 2.85 bits per heavy atom. The Bertz CT molecular complexity index is 185. The topological polar surface area (TPSA) is 38.3 Å². The summed E-state index contributed by atoms with van der Waals surface area (Å²) in [5.41, 5.74) is 0. The molecule has 13 heavy (non-hydrogen) atoms. The molecule has 0 unspecified atom stereocenters. The molecule has 74 valence electrons.